The van der Waals surface area contributed by atoms with Crippen LogP contribution < -0.4 is 4.74 Å². The number of sulfone groups is 1. The highest BCUT2D eigenvalue weighted by Crippen LogP contribution is 2.41. The van der Waals surface area contributed by atoms with E-state index in [1.807, 2.05) is 24.3 Å². The molecule has 0 unspecified atom stereocenters. The molecule has 0 aliphatic carbocycles. The molecule has 6 heteroatoms. The van der Waals surface area contributed by atoms with Crippen molar-refractivity contribution in [3.05, 3.63) is 53.6 Å². The zero-order valence-electron chi connectivity index (χ0n) is 19.4. The lowest BCUT2D eigenvalue weighted by molar-refractivity contribution is -0.0355. The smallest absolute Gasteiger partial charge is 0.157 e. The average molecular weight is 460 g/mol. The van der Waals surface area contributed by atoms with E-state index in [0.29, 0.717) is 5.56 Å². The summed E-state index contributed by atoms with van der Waals surface area (Å²) in [5.41, 5.74) is 4.23. The molecule has 0 N–H and O–H groups in total. The zero-order chi connectivity index (χ0) is 23.0. The average Bonchev–Trinajstić information content (AvgIpc) is 2.73. The van der Waals surface area contributed by atoms with Gasteiger partial charge in [0.25, 0.3) is 0 Å². The summed E-state index contributed by atoms with van der Waals surface area (Å²) in [4.78, 5) is 2.55. The van der Waals surface area contributed by atoms with Gasteiger partial charge in [0.05, 0.1) is 11.5 Å². The van der Waals surface area contributed by atoms with Crippen molar-refractivity contribution in [1.29, 1.82) is 0 Å². The van der Waals surface area contributed by atoms with Crippen LogP contribution in [0, 0.1) is 0 Å². The van der Waals surface area contributed by atoms with Gasteiger partial charge in [-0.05, 0) is 80.8 Å². The second-order valence-electron chi connectivity index (χ2n) is 10.2. The third kappa shape index (κ3) is 5.18. The Morgan fingerprint density at radius 3 is 2.28 bits per heavy atom. The van der Waals surface area contributed by atoms with Crippen molar-refractivity contribution in [3.63, 3.8) is 0 Å². The lowest BCUT2D eigenvalue weighted by atomic mass is 9.81. The topological polar surface area (TPSA) is 46.6 Å². The molecule has 1 saturated heterocycles. The van der Waals surface area contributed by atoms with Crippen LogP contribution in [0.1, 0.15) is 51.2 Å². The zero-order valence-corrected chi connectivity index (χ0v) is 20.2. The standard InChI is InChI=1S/C26H34FNO3S/c1-25(2,3)28-15-12-26(13-16-28)11-10-23-18-22(8-9-24(23)31-26)21-6-4-20(5-7-21)19-32(29,30)17-14-27/h4-9,18H,10-17,19H2,1-3H3. The SMILES string of the molecule is CC(C)(C)N1CCC2(CCc3cc(-c4ccc(CS(=O)(=O)CCF)cc4)ccc3O2)CC1. The number of alkyl halides is 1. The third-order valence-electron chi connectivity index (χ3n) is 6.92. The quantitative estimate of drug-likeness (QED) is 0.617. The highest BCUT2D eigenvalue weighted by molar-refractivity contribution is 7.90. The van der Waals surface area contributed by atoms with Crippen molar-refractivity contribution < 1.29 is 17.5 Å². The summed E-state index contributed by atoms with van der Waals surface area (Å²) in [6, 6.07) is 13.9. The van der Waals surface area contributed by atoms with Crippen molar-refractivity contribution >= 4 is 9.84 Å². The molecule has 2 aliphatic heterocycles. The number of likely N-dealkylation sites (tertiary alicyclic amines) is 1. The van der Waals surface area contributed by atoms with Gasteiger partial charge < -0.3 is 4.74 Å². The first kappa shape index (κ1) is 23.2. The van der Waals surface area contributed by atoms with Crippen LogP contribution in [0.25, 0.3) is 11.1 Å². The molecule has 2 aliphatic rings. The monoisotopic (exact) mass is 459 g/mol. The van der Waals surface area contributed by atoms with Crippen LogP contribution >= 0.6 is 0 Å². The molecular formula is C26H34FNO3S. The fourth-order valence-corrected chi connectivity index (χ4v) is 5.95. The van der Waals surface area contributed by atoms with E-state index < -0.39 is 22.3 Å². The van der Waals surface area contributed by atoms with Gasteiger partial charge in [0, 0.05) is 18.6 Å². The first-order valence-corrected chi connectivity index (χ1v) is 13.3. The highest BCUT2D eigenvalue weighted by atomic mass is 32.2. The normalized spacial score (nSPS) is 18.9. The van der Waals surface area contributed by atoms with Crippen LogP contribution in [0.5, 0.6) is 5.75 Å². The summed E-state index contributed by atoms with van der Waals surface area (Å²) >= 11 is 0. The maximum absolute atomic E-state index is 12.4. The van der Waals surface area contributed by atoms with Gasteiger partial charge in [-0.25, -0.2) is 12.8 Å². The number of piperidine rings is 1. The van der Waals surface area contributed by atoms with Gasteiger partial charge in [-0.1, -0.05) is 30.3 Å². The van der Waals surface area contributed by atoms with Crippen molar-refractivity contribution in [3.8, 4) is 16.9 Å². The third-order valence-corrected chi connectivity index (χ3v) is 8.47. The molecule has 4 nitrogen and oxygen atoms in total. The van der Waals surface area contributed by atoms with Gasteiger partial charge in [0.15, 0.2) is 9.84 Å². The van der Waals surface area contributed by atoms with E-state index in [0.717, 1.165) is 55.6 Å². The van der Waals surface area contributed by atoms with Crippen molar-refractivity contribution in [2.45, 2.75) is 63.3 Å². The largest absolute Gasteiger partial charge is 0.487 e. The predicted octanol–water partition coefficient (Wildman–Crippen LogP) is 5.20. The van der Waals surface area contributed by atoms with E-state index in [2.05, 4.69) is 43.9 Å². The maximum Gasteiger partial charge on any atom is 0.157 e. The minimum absolute atomic E-state index is 0.0387. The Kier molecular flexibility index (Phi) is 6.38. The molecular weight excluding hydrogens is 425 g/mol. The van der Waals surface area contributed by atoms with E-state index in [-0.39, 0.29) is 16.9 Å². The molecule has 0 aromatic heterocycles. The van der Waals surface area contributed by atoms with Gasteiger partial charge in [-0.3, -0.25) is 4.90 Å². The van der Waals surface area contributed by atoms with Gasteiger partial charge >= 0.3 is 0 Å². The van der Waals surface area contributed by atoms with Crippen molar-refractivity contribution in [2.24, 2.45) is 0 Å². The van der Waals surface area contributed by atoms with Crippen molar-refractivity contribution in [1.82, 2.24) is 4.90 Å². The molecule has 174 valence electrons. The molecule has 4 rings (SSSR count). The molecule has 1 spiro atoms. The number of ether oxygens (including phenoxy) is 1. The Balaban J connectivity index is 1.45. The van der Waals surface area contributed by atoms with Crippen LogP contribution in [-0.4, -0.2) is 50.0 Å². The van der Waals surface area contributed by atoms with Gasteiger partial charge in [-0.15, -0.1) is 0 Å². The Morgan fingerprint density at radius 2 is 1.66 bits per heavy atom. The summed E-state index contributed by atoms with van der Waals surface area (Å²) in [5.74, 6) is 0.456. The first-order valence-electron chi connectivity index (χ1n) is 11.5. The van der Waals surface area contributed by atoms with Crippen LogP contribution in [0.2, 0.25) is 0 Å². The van der Waals surface area contributed by atoms with Crippen molar-refractivity contribution in [2.75, 3.05) is 25.5 Å². The van der Waals surface area contributed by atoms with Crippen LogP contribution in [0.3, 0.4) is 0 Å². The van der Waals surface area contributed by atoms with E-state index in [1.54, 1.807) is 0 Å². The van der Waals surface area contributed by atoms with E-state index in [1.165, 1.54) is 5.56 Å². The number of halogens is 1. The molecule has 2 aromatic carbocycles. The van der Waals surface area contributed by atoms with E-state index >= 15 is 0 Å². The number of hydrogen-bond donors (Lipinski definition) is 0. The molecule has 1 fully saturated rings. The summed E-state index contributed by atoms with van der Waals surface area (Å²) in [7, 11) is -3.39. The minimum atomic E-state index is -3.39. The van der Waals surface area contributed by atoms with E-state index in [4.69, 9.17) is 4.74 Å². The lowest BCUT2D eigenvalue weighted by Crippen LogP contribution is -2.54. The van der Waals surface area contributed by atoms with Crippen LogP contribution in [0.4, 0.5) is 4.39 Å². The van der Waals surface area contributed by atoms with Gasteiger partial charge in [-0.2, -0.15) is 0 Å². The maximum atomic E-state index is 12.4. The summed E-state index contributed by atoms with van der Waals surface area (Å²) < 4.78 is 42.7. The Bertz CT molecular complexity index is 1050. The fraction of sp³-hybridized carbons (Fsp3) is 0.538. The molecule has 0 amide bonds. The molecule has 32 heavy (non-hydrogen) atoms. The molecule has 2 heterocycles. The molecule has 0 atom stereocenters. The van der Waals surface area contributed by atoms with Crippen LogP contribution in [-0.2, 0) is 22.0 Å². The minimum Gasteiger partial charge on any atom is -0.487 e. The Hall–Kier alpha value is -1.92. The van der Waals surface area contributed by atoms with Crippen LogP contribution in [0.15, 0.2) is 42.5 Å². The number of aryl methyl sites for hydroxylation is 1. The molecule has 2 aromatic rings. The number of rotatable bonds is 5. The first-order chi connectivity index (χ1) is 15.1. The van der Waals surface area contributed by atoms with E-state index in [9.17, 15) is 12.8 Å². The Labute approximate surface area is 191 Å². The predicted molar refractivity (Wildman–Crippen MR) is 128 cm³/mol. The second-order valence-corrected chi connectivity index (χ2v) is 12.4. The fourth-order valence-electron chi connectivity index (χ4n) is 4.87. The highest BCUT2D eigenvalue weighted by Gasteiger charge is 2.41. The summed E-state index contributed by atoms with van der Waals surface area (Å²) in [6.07, 6.45) is 4.20. The Morgan fingerprint density at radius 1 is 1.00 bits per heavy atom. The lowest BCUT2D eigenvalue weighted by Gasteiger charge is -2.48. The summed E-state index contributed by atoms with van der Waals surface area (Å²) in [6.45, 7) is 8.14. The second kappa shape index (κ2) is 8.79. The van der Waals surface area contributed by atoms with Gasteiger partial charge in [0.1, 0.15) is 18.0 Å². The number of fused-ring (bicyclic) bond motifs is 1. The summed E-state index contributed by atoms with van der Waals surface area (Å²) in [5, 5.41) is 0. The molecule has 0 bridgehead atoms. The molecule has 0 saturated carbocycles. The number of nitrogens with zero attached hydrogens (tertiary/aromatic N) is 1. The number of hydrogen-bond acceptors (Lipinski definition) is 4. The number of benzene rings is 2. The molecule has 0 radical (unpaired) electrons. The van der Waals surface area contributed by atoms with Gasteiger partial charge in [0.2, 0.25) is 0 Å².